The Kier molecular flexibility index (Phi) is 5.48. The molecule has 130 valence electrons. The molecule has 0 aromatic heterocycles. The Morgan fingerprint density at radius 2 is 1.80 bits per heavy atom. The maximum Gasteiger partial charge on any atom is 0.253 e. The maximum atomic E-state index is 13.3. The molecule has 1 fully saturated rings. The molecule has 1 aliphatic heterocycles. The lowest BCUT2D eigenvalue weighted by Crippen LogP contribution is -2.41. The molecule has 25 heavy (non-hydrogen) atoms. The maximum absolute atomic E-state index is 13.3. The second-order valence-electron chi connectivity index (χ2n) is 6.08. The van der Waals surface area contributed by atoms with Gasteiger partial charge in [0.2, 0.25) is 5.91 Å². The summed E-state index contributed by atoms with van der Waals surface area (Å²) in [7, 11) is 0. The van der Waals surface area contributed by atoms with Crippen LogP contribution in [0, 0.1) is 11.7 Å². The van der Waals surface area contributed by atoms with Crippen LogP contribution < -0.4 is 5.32 Å². The summed E-state index contributed by atoms with van der Waals surface area (Å²) in [4.78, 5) is 26.5. The molecular weight excluding hydrogens is 387 g/mol. The van der Waals surface area contributed by atoms with Gasteiger partial charge in [-0.05, 0) is 49.2 Å². The van der Waals surface area contributed by atoms with Crippen molar-refractivity contribution in [2.24, 2.45) is 5.92 Å². The largest absolute Gasteiger partial charge is 0.339 e. The van der Waals surface area contributed by atoms with Crippen LogP contribution >= 0.6 is 15.9 Å². The number of halogens is 2. The van der Waals surface area contributed by atoms with Crippen molar-refractivity contribution in [2.45, 2.75) is 12.8 Å². The van der Waals surface area contributed by atoms with Gasteiger partial charge in [0.15, 0.2) is 0 Å². The fraction of sp³-hybridized carbons (Fsp3) is 0.263. The molecule has 0 radical (unpaired) electrons. The molecule has 2 aromatic rings. The monoisotopic (exact) mass is 404 g/mol. The average molecular weight is 405 g/mol. The molecule has 0 atom stereocenters. The van der Waals surface area contributed by atoms with Crippen molar-refractivity contribution in [3.63, 3.8) is 0 Å². The Morgan fingerprint density at radius 1 is 1.08 bits per heavy atom. The summed E-state index contributed by atoms with van der Waals surface area (Å²) >= 11 is 3.38. The van der Waals surface area contributed by atoms with E-state index in [0.717, 1.165) is 10.2 Å². The number of amides is 2. The molecule has 1 saturated heterocycles. The highest BCUT2D eigenvalue weighted by Crippen LogP contribution is 2.22. The number of hydrogen-bond acceptors (Lipinski definition) is 2. The molecule has 1 heterocycles. The van der Waals surface area contributed by atoms with E-state index in [1.165, 1.54) is 18.2 Å². The van der Waals surface area contributed by atoms with E-state index in [2.05, 4.69) is 21.2 Å². The van der Waals surface area contributed by atoms with Gasteiger partial charge in [-0.3, -0.25) is 9.59 Å². The molecule has 6 heteroatoms. The molecule has 0 unspecified atom stereocenters. The van der Waals surface area contributed by atoms with Crippen LogP contribution in [0.3, 0.4) is 0 Å². The van der Waals surface area contributed by atoms with E-state index in [1.807, 2.05) is 24.3 Å². The van der Waals surface area contributed by atoms with Crippen molar-refractivity contribution in [1.82, 2.24) is 4.90 Å². The van der Waals surface area contributed by atoms with Gasteiger partial charge in [0.05, 0.1) is 0 Å². The average Bonchev–Trinajstić information content (AvgIpc) is 2.61. The fourth-order valence-electron chi connectivity index (χ4n) is 2.96. The van der Waals surface area contributed by atoms with Crippen molar-refractivity contribution in [3.8, 4) is 0 Å². The first-order valence-corrected chi connectivity index (χ1v) is 8.93. The van der Waals surface area contributed by atoms with Gasteiger partial charge in [-0.1, -0.05) is 28.1 Å². The number of rotatable bonds is 3. The smallest absolute Gasteiger partial charge is 0.253 e. The van der Waals surface area contributed by atoms with Gasteiger partial charge in [-0.25, -0.2) is 4.39 Å². The molecule has 0 aliphatic carbocycles. The van der Waals surface area contributed by atoms with E-state index >= 15 is 0 Å². The van der Waals surface area contributed by atoms with Gasteiger partial charge in [0.1, 0.15) is 5.82 Å². The van der Waals surface area contributed by atoms with Crippen LogP contribution in [0.4, 0.5) is 10.1 Å². The van der Waals surface area contributed by atoms with Gasteiger partial charge in [0.25, 0.3) is 5.91 Å². The number of nitrogens with one attached hydrogen (secondary N) is 1. The Labute approximate surface area is 154 Å². The molecule has 1 N–H and O–H groups in total. The Hall–Kier alpha value is -2.21. The minimum Gasteiger partial charge on any atom is -0.339 e. The Morgan fingerprint density at radius 3 is 2.48 bits per heavy atom. The first-order valence-electron chi connectivity index (χ1n) is 8.14. The quantitative estimate of drug-likeness (QED) is 0.837. The third-order valence-electron chi connectivity index (χ3n) is 4.32. The van der Waals surface area contributed by atoms with E-state index in [1.54, 1.807) is 11.0 Å². The van der Waals surface area contributed by atoms with Gasteiger partial charge in [-0.2, -0.15) is 0 Å². The minimum absolute atomic E-state index is 0.0315. The van der Waals surface area contributed by atoms with Crippen LogP contribution in [0.25, 0.3) is 0 Å². The second-order valence-corrected chi connectivity index (χ2v) is 6.99. The third-order valence-corrected chi connectivity index (χ3v) is 4.81. The van der Waals surface area contributed by atoms with Gasteiger partial charge in [0, 0.05) is 34.7 Å². The highest BCUT2D eigenvalue weighted by Gasteiger charge is 2.28. The van der Waals surface area contributed by atoms with Crippen molar-refractivity contribution in [1.29, 1.82) is 0 Å². The standard InChI is InChI=1S/C19H18BrFN2O2/c20-15-4-2-6-17(12-15)22-18(24)13-7-9-23(10-8-13)19(25)14-3-1-5-16(21)11-14/h1-6,11-13H,7-10H2,(H,22,24). The van der Waals surface area contributed by atoms with Gasteiger partial charge < -0.3 is 10.2 Å². The normalized spacial score (nSPS) is 15.0. The summed E-state index contributed by atoms with van der Waals surface area (Å²) in [5.41, 5.74) is 1.09. The van der Waals surface area contributed by atoms with Crippen molar-refractivity contribution in [2.75, 3.05) is 18.4 Å². The van der Waals surface area contributed by atoms with Crippen molar-refractivity contribution < 1.29 is 14.0 Å². The zero-order valence-corrected chi connectivity index (χ0v) is 15.1. The molecule has 0 saturated carbocycles. The molecule has 0 spiro atoms. The highest BCUT2D eigenvalue weighted by molar-refractivity contribution is 9.10. The molecule has 2 aromatic carbocycles. The third kappa shape index (κ3) is 4.45. The lowest BCUT2D eigenvalue weighted by atomic mass is 9.95. The lowest BCUT2D eigenvalue weighted by molar-refractivity contribution is -0.121. The van der Waals surface area contributed by atoms with Gasteiger partial charge >= 0.3 is 0 Å². The molecule has 2 amide bonds. The van der Waals surface area contributed by atoms with Crippen LogP contribution in [0.15, 0.2) is 53.0 Å². The van der Waals surface area contributed by atoms with Crippen LogP contribution in [0.5, 0.6) is 0 Å². The first kappa shape index (κ1) is 17.6. The van der Waals surface area contributed by atoms with Crippen LogP contribution in [0.1, 0.15) is 23.2 Å². The Bertz CT molecular complexity index is 788. The zero-order chi connectivity index (χ0) is 17.8. The summed E-state index contributed by atoms with van der Waals surface area (Å²) in [5, 5.41) is 2.91. The molecule has 3 rings (SSSR count). The minimum atomic E-state index is -0.422. The highest BCUT2D eigenvalue weighted by atomic mass is 79.9. The summed E-state index contributed by atoms with van der Waals surface area (Å²) in [6, 6.07) is 13.1. The van der Waals surface area contributed by atoms with Crippen molar-refractivity contribution >= 4 is 33.4 Å². The summed E-state index contributed by atoms with van der Waals surface area (Å²) in [6.45, 7) is 0.984. The van der Waals surface area contributed by atoms with E-state index in [0.29, 0.717) is 31.5 Å². The predicted molar refractivity (Wildman–Crippen MR) is 97.8 cm³/mol. The summed E-state index contributed by atoms with van der Waals surface area (Å²) in [6.07, 6.45) is 1.20. The van der Waals surface area contributed by atoms with E-state index < -0.39 is 5.82 Å². The van der Waals surface area contributed by atoms with Crippen LogP contribution in [-0.4, -0.2) is 29.8 Å². The zero-order valence-electron chi connectivity index (χ0n) is 13.5. The summed E-state index contributed by atoms with van der Waals surface area (Å²) < 4.78 is 14.2. The lowest BCUT2D eigenvalue weighted by Gasteiger charge is -2.31. The van der Waals surface area contributed by atoms with Crippen molar-refractivity contribution in [3.05, 3.63) is 64.4 Å². The number of carbonyl (C=O) groups excluding carboxylic acids is 2. The number of carbonyl (C=O) groups is 2. The molecule has 1 aliphatic rings. The topological polar surface area (TPSA) is 49.4 Å². The molecule has 4 nitrogen and oxygen atoms in total. The number of nitrogens with zero attached hydrogens (tertiary/aromatic N) is 1. The van der Waals surface area contributed by atoms with Crippen LogP contribution in [-0.2, 0) is 4.79 Å². The fourth-order valence-corrected chi connectivity index (χ4v) is 3.36. The SMILES string of the molecule is O=C(Nc1cccc(Br)c1)C1CCN(C(=O)c2cccc(F)c2)CC1. The predicted octanol–water partition coefficient (Wildman–Crippen LogP) is 4.08. The number of piperidine rings is 1. The van der Waals surface area contributed by atoms with Gasteiger partial charge in [-0.15, -0.1) is 0 Å². The number of hydrogen-bond donors (Lipinski definition) is 1. The number of anilines is 1. The number of likely N-dealkylation sites (tertiary alicyclic amines) is 1. The molecule has 0 bridgehead atoms. The van der Waals surface area contributed by atoms with Crippen LogP contribution in [0.2, 0.25) is 0 Å². The number of benzene rings is 2. The Balaban J connectivity index is 1.56. The van der Waals surface area contributed by atoms with E-state index in [-0.39, 0.29) is 17.7 Å². The first-order chi connectivity index (χ1) is 12.0. The summed E-state index contributed by atoms with van der Waals surface area (Å²) in [5.74, 6) is -0.772. The van der Waals surface area contributed by atoms with E-state index in [9.17, 15) is 14.0 Å². The van der Waals surface area contributed by atoms with E-state index in [4.69, 9.17) is 0 Å². The molecular formula is C19H18BrFN2O2. The second kappa shape index (κ2) is 7.78.